The van der Waals surface area contributed by atoms with Crippen LogP contribution in [-0.4, -0.2) is 93.3 Å². The number of nitrogens with zero attached hydrogens (tertiary/aromatic N) is 3. The predicted molar refractivity (Wildman–Crippen MR) is 161 cm³/mol. The molecule has 1 aliphatic heterocycles. The number of furan rings is 1. The average Bonchev–Trinajstić information content (AvgIpc) is 3.52. The van der Waals surface area contributed by atoms with Crippen LogP contribution in [0.4, 0.5) is 10.5 Å². The van der Waals surface area contributed by atoms with Crippen LogP contribution in [0.5, 0.6) is 11.5 Å². The maximum Gasteiger partial charge on any atom is 0.322 e. The molecule has 3 aromatic rings. The fourth-order valence-corrected chi connectivity index (χ4v) is 4.93. The molecule has 10 heteroatoms. The molecule has 0 saturated carbocycles. The molecule has 0 bridgehead atoms. The first-order chi connectivity index (χ1) is 20.4. The summed E-state index contributed by atoms with van der Waals surface area (Å²) in [6.45, 7) is 8.66. The Balaban J connectivity index is 1.49. The van der Waals surface area contributed by atoms with Crippen LogP contribution in [0.15, 0.2) is 59.2 Å². The lowest BCUT2D eigenvalue weighted by molar-refractivity contribution is -0.132. The molecule has 2 aromatic carbocycles. The molecule has 226 valence electrons. The van der Waals surface area contributed by atoms with Crippen LogP contribution in [0.3, 0.4) is 0 Å². The molecule has 0 radical (unpaired) electrons. The number of aryl methyl sites for hydroxylation is 2. The molecule has 2 heterocycles. The van der Waals surface area contributed by atoms with Gasteiger partial charge in [-0.3, -0.25) is 9.69 Å². The Morgan fingerprint density at radius 2 is 1.74 bits per heavy atom. The lowest BCUT2D eigenvalue weighted by Crippen LogP contribution is -2.48. The zero-order valence-electron chi connectivity index (χ0n) is 25.1. The monoisotopic (exact) mass is 578 g/mol. The van der Waals surface area contributed by atoms with Crippen LogP contribution in [0.2, 0.25) is 0 Å². The van der Waals surface area contributed by atoms with Gasteiger partial charge < -0.3 is 33.7 Å². The Morgan fingerprint density at radius 3 is 2.43 bits per heavy atom. The molecule has 1 fully saturated rings. The number of hydrogen-bond acceptors (Lipinski definition) is 7. The van der Waals surface area contributed by atoms with Crippen LogP contribution in [0, 0.1) is 13.8 Å². The highest BCUT2D eigenvalue weighted by Crippen LogP contribution is 2.28. The number of urea groups is 1. The van der Waals surface area contributed by atoms with Crippen molar-refractivity contribution < 1.29 is 28.2 Å². The second-order valence-electron chi connectivity index (χ2n) is 10.5. The van der Waals surface area contributed by atoms with Crippen molar-refractivity contribution >= 4 is 17.6 Å². The second-order valence-corrected chi connectivity index (χ2v) is 10.5. The van der Waals surface area contributed by atoms with Gasteiger partial charge in [0.15, 0.2) is 11.5 Å². The van der Waals surface area contributed by atoms with Crippen molar-refractivity contribution in [3.63, 3.8) is 0 Å². The normalized spacial score (nSPS) is 13.4. The van der Waals surface area contributed by atoms with Crippen LogP contribution in [0.1, 0.15) is 22.5 Å². The minimum absolute atomic E-state index is 0.0618. The summed E-state index contributed by atoms with van der Waals surface area (Å²) in [5.41, 5.74) is 3.82. The van der Waals surface area contributed by atoms with Crippen LogP contribution in [-0.2, 0) is 22.5 Å². The van der Waals surface area contributed by atoms with Gasteiger partial charge in [-0.15, -0.1) is 0 Å². The molecule has 1 aromatic heterocycles. The topological polar surface area (TPSA) is 96.7 Å². The fourth-order valence-electron chi connectivity index (χ4n) is 4.93. The molecule has 1 N–H and O–H groups in total. The third-order valence-corrected chi connectivity index (χ3v) is 7.42. The first-order valence-electron chi connectivity index (χ1n) is 14.3. The van der Waals surface area contributed by atoms with E-state index in [-0.39, 0.29) is 18.5 Å². The van der Waals surface area contributed by atoms with E-state index in [1.807, 2.05) is 56.3 Å². The van der Waals surface area contributed by atoms with E-state index in [9.17, 15) is 9.59 Å². The van der Waals surface area contributed by atoms with Gasteiger partial charge >= 0.3 is 6.03 Å². The lowest BCUT2D eigenvalue weighted by Gasteiger charge is -2.31. The van der Waals surface area contributed by atoms with Crippen molar-refractivity contribution in [2.45, 2.75) is 26.8 Å². The average molecular weight is 579 g/mol. The third-order valence-electron chi connectivity index (χ3n) is 7.42. The number of carbonyl (C=O) groups is 2. The molecule has 4 rings (SSSR count). The van der Waals surface area contributed by atoms with E-state index < -0.39 is 0 Å². The molecule has 3 amide bonds. The Bertz CT molecular complexity index is 1310. The van der Waals surface area contributed by atoms with Crippen molar-refractivity contribution in [1.29, 1.82) is 0 Å². The van der Waals surface area contributed by atoms with Crippen LogP contribution >= 0.6 is 0 Å². The summed E-state index contributed by atoms with van der Waals surface area (Å²) in [5.74, 6) is 1.80. The van der Waals surface area contributed by atoms with E-state index in [2.05, 4.69) is 10.2 Å². The zero-order chi connectivity index (χ0) is 29.9. The zero-order valence-corrected chi connectivity index (χ0v) is 25.1. The highest BCUT2D eigenvalue weighted by molar-refractivity contribution is 5.93. The van der Waals surface area contributed by atoms with Crippen molar-refractivity contribution in [2.24, 2.45) is 0 Å². The number of amides is 3. The molecule has 0 spiro atoms. The van der Waals surface area contributed by atoms with E-state index in [4.69, 9.17) is 18.6 Å². The molecule has 42 heavy (non-hydrogen) atoms. The summed E-state index contributed by atoms with van der Waals surface area (Å²) in [6.07, 6.45) is 2.19. The third kappa shape index (κ3) is 8.74. The van der Waals surface area contributed by atoms with Crippen LogP contribution in [0.25, 0.3) is 0 Å². The summed E-state index contributed by atoms with van der Waals surface area (Å²) in [4.78, 5) is 33.0. The van der Waals surface area contributed by atoms with E-state index in [0.717, 1.165) is 35.5 Å². The predicted octanol–water partition coefficient (Wildman–Crippen LogP) is 4.35. The summed E-state index contributed by atoms with van der Waals surface area (Å²) in [6, 6.07) is 15.0. The Hall–Kier alpha value is -4.02. The van der Waals surface area contributed by atoms with Gasteiger partial charge in [0.25, 0.3) is 0 Å². The quantitative estimate of drug-likeness (QED) is 0.322. The minimum Gasteiger partial charge on any atom is -0.493 e. The number of benzene rings is 2. The van der Waals surface area contributed by atoms with E-state index in [1.165, 1.54) is 0 Å². The number of morpholine rings is 1. The van der Waals surface area contributed by atoms with E-state index in [1.54, 1.807) is 36.3 Å². The Kier molecular flexibility index (Phi) is 11.2. The maximum atomic E-state index is 13.8. The summed E-state index contributed by atoms with van der Waals surface area (Å²) >= 11 is 0. The molecule has 10 nitrogen and oxygen atoms in total. The summed E-state index contributed by atoms with van der Waals surface area (Å²) < 4.78 is 21.9. The number of anilines is 1. The summed E-state index contributed by atoms with van der Waals surface area (Å²) in [5, 5.41) is 3.03. The van der Waals surface area contributed by atoms with Gasteiger partial charge in [0.1, 0.15) is 12.3 Å². The van der Waals surface area contributed by atoms with Crippen molar-refractivity contribution in [2.75, 3.05) is 72.0 Å². The molecule has 0 aliphatic carbocycles. The number of nitrogens with one attached hydrogen (secondary N) is 1. The van der Waals surface area contributed by atoms with Gasteiger partial charge in [-0.2, -0.15) is 0 Å². The Labute approximate surface area is 248 Å². The Morgan fingerprint density at radius 1 is 0.952 bits per heavy atom. The number of methoxy groups -OCH3 is 2. The molecule has 1 saturated heterocycles. The number of hydrogen-bond donors (Lipinski definition) is 1. The first-order valence-corrected chi connectivity index (χ1v) is 14.3. The number of ether oxygens (including phenoxy) is 3. The van der Waals surface area contributed by atoms with Gasteiger partial charge in [-0.1, -0.05) is 23.8 Å². The largest absolute Gasteiger partial charge is 0.493 e. The summed E-state index contributed by atoms with van der Waals surface area (Å²) in [7, 11) is 3.20. The fraction of sp³-hybridized carbons (Fsp3) is 0.438. The maximum absolute atomic E-state index is 13.8. The van der Waals surface area contributed by atoms with E-state index >= 15 is 0 Å². The lowest BCUT2D eigenvalue weighted by atomic mass is 10.1. The first kappa shape index (κ1) is 30.9. The van der Waals surface area contributed by atoms with Crippen LogP contribution < -0.4 is 14.8 Å². The van der Waals surface area contributed by atoms with Gasteiger partial charge in [0.2, 0.25) is 5.91 Å². The highest BCUT2D eigenvalue weighted by atomic mass is 16.5. The standard InChI is InChI=1S/C32H42N4O6/c1-24-7-9-28(25(2)20-24)33-32(38)36(14-13-34-15-18-41-19-16-34)23-31(37)35(22-27-6-5-17-42-27)12-11-26-8-10-29(39-3)30(21-26)40-4/h5-10,17,20-21H,11-16,18-19,22-23H2,1-4H3,(H,33,38). The number of rotatable bonds is 13. The molecule has 1 aliphatic rings. The molecule has 0 unspecified atom stereocenters. The molecular weight excluding hydrogens is 536 g/mol. The molecule has 0 atom stereocenters. The number of carbonyl (C=O) groups excluding carboxylic acids is 2. The van der Waals surface area contributed by atoms with Gasteiger partial charge in [0.05, 0.1) is 40.2 Å². The van der Waals surface area contributed by atoms with Crippen molar-refractivity contribution in [3.05, 3.63) is 77.2 Å². The van der Waals surface area contributed by atoms with Gasteiger partial charge in [0, 0.05) is 38.4 Å². The SMILES string of the molecule is COc1ccc(CCN(Cc2ccco2)C(=O)CN(CCN2CCOCC2)C(=O)Nc2ccc(C)cc2C)cc1OC. The van der Waals surface area contributed by atoms with Gasteiger partial charge in [-0.05, 0) is 61.7 Å². The minimum atomic E-state index is -0.304. The highest BCUT2D eigenvalue weighted by Gasteiger charge is 2.24. The second kappa shape index (κ2) is 15.3. The molecular formula is C32H42N4O6. The van der Waals surface area contributed by atoms with E-state index in [0.29, 0.717) is 63.1 Å². The van der Waals surface area contributed by atoms with Gasteiger partial charge in [-0.25, -0.2) is 4.79 Å². The van der Waals surface area contributed by atoms with Crippen molar-refractivity contribution in [1.82, 2.24) is 14.7 Å². The van der Waals surface area contributed by atoms with Crippen molar-refractivity contribution in [3.8, 4) is 11.5 Å². The smallest absolute Gasteiger partial charge is 0.322 e.